The molecule has 3 rings (SSSR count). The summed E-state index contributed by atoms with van der Waals surface area (Å²) < 4.78 is 34.0. The third-order valence-electron chi connectivity index (χ3n) is 4.44. The van der Waals surface area contributed by atoms with E-state index in [4.69, 9.17) is 9.94 Å². The molecule has 2 N–H and O–H groups in total. The summed E-state index contributed by atoms with van der Waals surface area (Å²) in [4.78, 5) is 24.4. The number of amides is 1. The number of hydroxylamine groups is 1. The molecule has 0 fully saturated rings. The first-order valence-electron chi connectivity index (χ1n) is 8.80. The first kappa shape index (κ1) is 21.7. The van der Waals surface area contributed by atoms with Crippen LogP contribution in [0.2, 0.25) is 0 Å². The second-order valence-corrected chi connectivity index (χ2v) is 7.31. The number of aryl methyl sites for hydroxylation is 1. The van der Waals surface area contributed by atoms with Gasteiger partial charge < -0.3 is 9.30 Å². The van der Waals surface area contributed by atoms with E-state index in [-0.39, 0.29) is 40.1 Å². The molecule has 3 aromatic rings. The van der Waals surface area contributed by atoms with Crippen LogP contribution in [-0.4, -0.2) is 15.7 Å². The zero-order chi connectivity index (χ0) is 21.8. The van der Waals surface area contributed by atoms with Crippen molar-refractivity contribution in [1.82, 2.24) is 10.0 Å². The Bertz CT molecular complexity index is 1160. The fraction of sp³-hybridized carbons (Fsp3) is 0.143. The summed E-state index contributed by atoms with van der Waals surface area (Å²) in [5.41, 5.74) is 2.86. The lowest BCUT2D eigenvalue weighted by atomic mass is 10.1. The van der Waals surface area contributed by atoms with Crippen LogP contribution in [0.3, 0.4) is 0 Å². The van der Waals surface area contributed by atoms with Gasteiger partial charge in [-0.15, -0.1) is 0 Å². The van der Waals surface area contributed by atoms with E-state index in [9.17, 15) is 18.4 Å². The molecule has 1 amide bonds. The number of pyridine rings is 1. The molecule has 1 aromatic heterocycles. The molecule has 1 heterocycles. The van der Waals surface area contributed by atoms with Crippen LogP contribution in [0.1, 0.15) is 27.2 Å². The van der Waals surface area contributed by atoms with Gasteiger partial charge in [-0.1, -0.05) is 12.1 Å². The van der Waals surface area contributed by atoms with Crippen LogP contribution in [0, 0.1) is 18.6 Å². The van der Waals surface area contributed by atoms with Crippen molar-refractivity contribution in [3.8, 4) is 5.75 Å². The number of nitrogens with zero attached hydrogens (tertiary/aromatic N) is 1. The number of hydrogen-bond donors (Lipinski definition) is 2. The molecule has 0 aliphatic rings. The number of halogens is 3. The molecule has 0 bridgehead atoms. The number of carbonyl (C=O) groups excluding carboxylic acids is 1. The van der Waals surface area contributed by atoms with Crippen LogP contribution in [-0.2, 0) is 13.2 Å². The summed E-state index contributed by atoms with van der Waals surface area (Å²) in [6.07, 6.45) is 0. The summed E-state index contributed by atoms with van der Waals surface area (Å²) >= 11 is 3.22. The Morgan fingerprint density at radius 3 is 2.67 bits per heavy atom. The Kier molecular flexibility index (Phi) is 6.63. The van der Waals surface area contributed by atoms with Gasteiger partial charge in [-0.25, -0.2) is 14.3 Å². The highest BCUT2D eigenvalue weighted by Gasteiger charge is 2.14. The van der Waals surface area contributed by atoms with Gasteiger partial charge in [-0.3, -0.25) is 14.8 Å². The second-order valence-electron chi connectivity index (χ2n) is 6.52. The van der Waals surface area contributed by atoms with Gasteiger partial charge in [0, 0.05) is 29.0 Å². The minimum absolute atomic E-state index is 0.153. The maximum absolute atomic E-state index is 13.8. The number of carbonyl (C=O) groups is 1. The minimum Gasteiger partial charge on any atom is -0.487 e. The van der Waals surface area contributed by atoms with E-state index >= 15 is 0 Å². The highest BCUT2D eigenvalue weighted by atomic mass is 79.9. The summed E-state index contributed by atoms with van der Waals surface area (Å²) in [7, 11) is 0. The first-order chi connectivity index (χ1) is 14.3. The van der Waals surface area contributed by atoms with Gasteiger partial charge in [-0.05, 0) is 52.7 Å². The average Bonchev–Trinajstić information content (AvgIpc) is 2.73. The summed E-state index contributed by atoms with van der Waals surface area (Å²) in [6, 6.07) is 11.3. The summed E-state index contributed by atoms with van der Waals surface area (Å²) in [5, 5.41) is 8.77. The van der Waals surface area contributed by atoms with Crippen molar-refractivity contribution in [3.63, 3.8) is 0 Å². The predicted octanol–water partition coefficient (Wildman–Crippen LogP) is 3.94. The number of ether oxygens (including phenoxy) is 1. The van der Waals surface area contributed by atoms with E-state index in [0.717, 1.165) is 12.1 Å². The molecule has 9 heteroatoms. The number of aromatic nitrogens is 1. The van der Waals surface area contributed by atoms with E-state index in [2.05, 4.69) is 15.9 Å². The second kappa shape index (κ2) is 9.19. The number of hydrogen-bond acceptors (Lipinski definition) is 4. The van der Waals surface area contributed by atoms with E-state index in [0.29, 0.717) is 11.3 Å². The van der Waals surface area contributed by atoms with Crippen molar-refractivity contribution in [1.29, 1.82) is 0 Å². The molecule has 0 saturated carbocycles. The Morgan fingerprint density at radius 2 is 1.97 bits per heavy atom. The molecule has 0 atom stereocenters. The van der Waals surface area contributed by atoms with Crippen LogP contribution >= 0.6 is 15.9 Å². The third kappa shape index (κ3) is 4.74. The Hall–Kier alpha value is -3.04. The highest BCUT2D eigenvalue weighted by molar-refractivity contribution is 9.10. The van der Waals surface area contributed by atoms with Crippen molar-refractivity contribution >= 4 is 21.8 Å². The molecule has 6 nitrogen and oxygen atoms in total. The van der Waals surface area contributed by atoms with Gasteiger partial charge in [0.2, 0.25) is 0 Å². The van der Waals surface area contributed by atoms with Crippen LogP contribution in [0.5, 0.6) is 5.75 Å². The van der Waals surface area contributed by atoms with Crippen molar-refractivity contribution in [2.75, 3.05) is 0 Å². The third-order valence-corrected chi connectivity index (χ3v) is 5.17. The van der Waals surface area contributed by atoms with Gasteiger partial charge in [0.25, 0.3) is 11.5 Å². The van der Waals surface area contributed by atoms with E-state index in [1.54, 1.807) is 36.7 Å². The molecule has 0 radical (unpaired) electrons. The van der Waals surface area contributed by atoms with Crippen molar-refractivity contribution in [2.45, 2.75) is 20.1 Å². The maximum Gasteiger partial charge on any atom is 0.274 e. The molecular formula is C21H17BrF2N2O4. The number of benzene rings is 2. The highest BCUT2D eigenvalue weighted by Crippen LogP contribution is 2.24. The smallest absolute Gasteiger partial charge is 0.274 e. The van der Waals surface area contributed by atoms with Crippen LogP contribution in [0.15, 0.2) is 57.8 Å². The van der Waals surface area contributed by atoms with Crippen molar-refractivity contribution < 1.29 is 23.5 Å². The molecule has 0 saturated heterocycles. The zero-order valence-electron chi connectivity index (χ0n) is 15.8. The quantitative estimate of drug-likeness (QED) is 0.415. The standard InChI is InChI=1S/C21H17BrF2N2O4/c1-12-7-18(30-11-15-5-6-16(23)9-17(15)24)19(22)21(28)26(12)10-13-3-2-4-14(8-13)20(27)25-29/h2-9,29H,10-11H2,1H3,(H,25,27). The van der Waals surface area contributed by atoms with Crippen LogP contribution < -0.4 is 15.8 Å². The number of nitrogens with one attached hydrogen (secondary N) is 1. The molecular weight excluding hydrogens is 462 g/mol. The monoisotopic (exact) mass is 478 g/mol. The topological polar surface area (TPSA) is 80.6 Å². The van der Waals surface area contributed by atoms with Gasteiger partial charge in [0.1, 0.15) is 28.5 Å². The van der Waals surface area contributed by atoms with Crippen LogP contribution in [0.25, 0.3) is 0 Å². The summed E-state index contributed by atoms with van der Waals surface area (Å²) in [5.74, 6) is -1.84. The van der Waals surface area contributed by atoms with Gasteiger partial charge in [0.05, 0.1) is 6.54 Å². The van der Waals surface area contributed by atoms with E-state index in [1.807, 2.05) is 0 Å². The summed E-state index contributed by atoms with van der Waals surface area (Å²) in [6.45, 7) is 1.72. The molecule has 0 aliphatic carbocycles. The minimum atomic E-state index is -0.733. The lowest BCUT2D eigenvalue weighted by molar-refractivity contribution is 0.0706. The van der Waals surface area contributed by atoms with Gasteiger partial charge >= 0.3 is 0 Å². The first-order valence-corrected chi connectivity index (χ1v) is 9.59. The Morgan fingerprint density at radius 1 is 1.20 bits per heavy atom. The van der Waals surface area contributed by atoms with Gasteiger partial charge in [-0.2, -0.15) is 0 Å². The lowest BCUT2D eigenvalue weighted by Crippen LogP contribution is -2.24. The molecule has 30 heavy (non-hydrogen) atoms. The van der Waals surface area contributed by atoms with Gasteiger partial charge in [0.15, 0.2) is 0 Å². The fourth-order valence-corrected chi connectivity index (χ4v) is 3.31. The molecule has 2 aromatic carbocycles. The molecule has 0 unspecified atom stereocenters. The fourth-order valence-electron chi connectivity index (χ4n) is 2.87. The average molecular weight is 479 g/mol. The normalized spacial score (nSPS) is 10.7. The lowest BCUT2D eigenvalue weighted by Gasteiger charge is -2.15. The molecule has 0 aliphatic heterocycles. The Labute approximate surface area is 178 Å². The molecule has 156 valence electrons. The van der Waals surface area contributed by atoms with E-state index < -0.39 is 17.5 Å². The van der Waals surface area contributed by atoms with Crippen LogP contribution in [0.4, 0.5) is 8.78 Å². The van der Waals surface area contributed by atoms with Crippen molar-refractivity contribution in [3.05, 3.63) is 97.4 Å². The van der Waals surface area contributed by atoms with E-state index in [1.165, 1.54) is 16.7 Å². The SMILES string of the molecule is Cc1cc(OCc2ccc(F)cc2F)c(Br)c(=O)n1Cc1cccc(C(=O)NO)c1. The Balaban J connectivity index is 1.84. The predicted molar refractivity (Wildman–Crippen MR) is 109 cm³/mol. The van der Waals surface area contributed by atoms with Crippen molar-refractivity contribution in [2.24, 2.45) is 0 Å². The largest absolute Gasteiger partial charge is 0.487 e. The molecule has 0 spiro atoms. The number of rotatable bonds is 6. The maximum atomic E-state index is 13.8. The zero-order valence-corrected chi connectivity index (χ0v) is 17.4.